The third-order valence-corrected chi connectivity index (χ3v) is 9.96. The Labute approximate surface area is 296 Å². The Kier molecular flexibility index (Phi) is 11.8. The summed E-state index contributed by atoms with van der Waals surface area (Å²) in [5.74, 6) is -1.64. The van der Waals surface area contributed by atoms with Crippen molar-refractivity contribution < 1.29 is 27.5 Å². The number of benzene rings is 4. The maximum atomic E-state index is 14.4. The molecular weight excluding hydrogens is 680 g/mol. The lowest BCUT2D eigenvalue weighted by atomic mass is 10.0. The Morgan fingerprint density at radius 3 is 2.34 bits per heavy atom. The summed E-state index contributed by atoms with van der Waals surface area (Å²) in [6.07, 6.45) is 1.50. The standard InChI is InChI=1S/C36H36N6O6S.ClH/c1-4-48-36(45)23(2)41(3)32(43)22-42(49(46,47)31-12-6-8-25-10-7-19-39-33(25)31)28-17-18-29-27(20-28)9-5-11-30(29)35(44)40-21-24-13-15-26(16-14-24)34(37)38;/h5-20,23H,4,21-22H2,1-3H3,(H3,37,38)(H,40,44);1H. The van der Waals surface area contributed by atoms with E-state index in [-0.39, 0.29) is 53.4 Å². The highest BCUT2D eigenvalue weighted by Crippen LogP contribution is 2.31. The van der Waals surface area contributed by atoms with E-state index in [2.05, 4.69) is 10.3 Å². The number of nitrogen functional groups attached to an aromatic ring is 1. The van der Waals surface area contributed by atoms with Crippen LogP contribution in [0.5, 0.6) is 0 Å². The van der Waals surface area contributed by atoms with E-state index in [1.807, 2.05) is 0 Å². The number of likely N-dealkylation sites (N-methyl/N-ethyl adjacent to an activating group) is 1. The molecule has 14 heteroatoms. The van der Waals surface area contributed by atoms with Gasteiger partial charge in [-0.2, -0.15) is 0 Å². The molecule has 1 unspecified atom stereocenters. The average molecular weight is 717 g/mol. The molecule has 260 valence electrons. The lowest BCUT2D eigenvalue weighted by Gasteiger charge is -2.29. The number of sulfonamides is 1. The smallest absolute Gasteiger partial charge is 0.328 e. The first-order valence-corrected chi connectivity index (χ1v) is 16.9. The lowest BCUT2D eigenvalue weighted by Crippen LogP contribution is -2.47. The van der Waals surface area contributed by atoms with Crippen LogP contribution in [0.3, 0.4) is 0 Å². The van der Waals surface area contributed by atoms with Gasteiger partial charge in [0.2, 0.25) is 5.91 Å². The van der Waals surface area contributed by atoms with Crippen LogP contribution in [0.2, 0.25) is 0 Å². The van der Waals surface area contributed by atoms with E-state index < -0.39 is 34.5 Å². The number of aromatic nitrogens is 1. The van der Waals surface area contributed by atoms with Crippen LogP contribution in [0.1, 0.15) is 35.3 Å². The number of ether oxygens (including phenoxy) is 1. The number of carbonyl (C=O) groups excluding carboxylic acids is 3. The predicted molar refractivity (Wildman–Crippen MR) is 195 cm³/mol. The number of carbonyl (C=O) groups is 3. The number of para-hydroxylation sites is 1. The summed E-state index contributed by atoms with van der Waals surface area (Å²) in [6.45, 7) is 2.90. The molecule has 50 heavy (non-hydrogen) atoms. The zero-order valence-electron chi connectivity index (χ0n) is 27.6. The van der Waals surface area contributed by atoms with E-state index in [4.69, 9.17) is 15.9 Å². The molecule has 5 rings (SSSR count). The molecule has 0 fully saturated rings. The van der Waals surface area contributed by atoms with Crippen LogP contribution >= 0.6 is 12.4 Å². The number of hydrogen-bond donors (Lipinski definition) is 3. The number of fused-ring (bicyclic) bond motifs is 2. The Balaban J connectivity index is 0.00000562. The molecule has 0 spiro atoms. The largest absolute Gasteiger partial charge is 0.464 e. The van der Waals surface area contributed by atoms with Crippen LogP contribution in [-0.4, -0.2) is 68.2 Å². The van der Waals surface area contributed by atoms with Gasteiger partial charge in [-0.15, -0.1) is 12.4 Å². The third-order valence-electron chi connectivity index (χ3n) is 8.16. The number of hydrogen-bond acceptors (Lipinski definition) is 8. The number of anilines is 1. The van der Waals surface area contributed by atoms with Gasteiger partial charge in [0.15, 0.2) is 0 Å². The molecule has 2 amide bonds. The van der Waals surface area contributed by atoms with Gasteiger partial charge in [-0.3, -0.25) is 24.3 Å². The van der Waals surface area contributed by atoms with Gasteiger partial charge in [0.05, 0.1) is 17.8 Å². The highest BCUT2D eigenvalue weighted by molar-refractivity contribution is 7.93. The van der Waals surface area contributed by atoms with Crippen LogP contribution in [0.15, 0.2) is 102 Å². The van der Waals surface area contributed by atoms with Crippen LogP contribution in [0.25, 0.3) is 21.7 Å². The van der Waals surface area contributed by atoms with Gasteiger partial charge in [-0.25, -0.2) is 13.2 Å². The fourth-order valence-corrected chi connectivity index (χ4v) is 6.87. The monoisotopic (exact) mass is 716 g/mol. The number of halogens is 1. The van der Waals surface area contributed by atoms with Crippen molar-refractivity contribution in [2.75, 3.05) is 24.5 Å². The highest BCUT2D eigenvalue weighted by atomic mass is 35.5. The number of pyridine rings is 1. The van der Waals surface area contributed by atoms with E-state index in [0.29, 0.717) is 27.3 Å². The van der Waals surface area contributed by atoms with E-state index in [0.717, 1.165) is 14.8 Å². The molecule has 0 aliphatic heterocycles. The Morgan fingerprint density at radius 1 is 0.960 bits per heavy atom. The molecular formula is C36H37ClN6O6S. The zero-order valence-corrected chi connectivity index (χ0v) is 29.3. The first-order chi connectivity index (χ1) is 23.4. The van der Waals surface area contributed by atoms with Crippen molar-refractivity contribution in [3.8, 4) is 0 Å². The molecule has 0 bridgehead atoms. The summed E-state index contributed by atoms with van der Waals surface area (Å²) in [7, 11) is -2.99. The summed E-state index contributed by atoms with van der Waals surface area (Å²) < 4.78 is 34.9. The average Bonchev–Trinajstić information content (AvgIpc) is 3.11. The molecule has 1 atom stereocenters. The Bertz CT molecular complexity index is 2170. The summed E-state index contributed by atoms with van der Waals surface area (Å²) in [4.78, 5) is 44.7. The number of nitrogens with zero attached hydrogens (tertiary/aromatic N) is 3. The van der Waals surface area contributed by atoms with Crippen LogP contribution in [0, 0.1) is 5.41 Å². The van der Waals surface area contributed by atoms with Gasteiger partial charge in [0.25, 0.3) is 15.9 Å². The van der Waals surface area contributed by atoms with E-state index in [9.17, 15) is 22.8 Å². The molecule has 5 aromatic rings. The van der Waals surface area contributed by atoms with Crippen LogP contribution < -0.4 is 15.4 Å². The molecule has 0 saturated carbocycles. The van der Waals surface area contributed by atoms with Crippen molar-refractivity contribution in [2.45, 2.75) is 31.3 Å². The molecule has 1 aromatic heterocycles. The quantitative estimate of drug-likeness (QED) is 0.0951. The second kappa shape index (κ2) is 15.8. The van der Waals surface area contributed by atoms with Gasteiger partial charge < -0.3 is 20.7 Å². The normalized spacial score (nSPS) is 11.7. The molecule has 0 aliphatic carbocycles. The molecule has 12 nitrogen and oxygen atoms in total. The number of rotatable bonds is 12. The second-order valence-corrected chi connectivity index (χ2v) is 13.1. The van der Waals surface area contributed by atoms with E-state index in [1.54, 1.807) is 85.8 Å². The maximum Gasteiger partial charge on any atom is 0.328 e. The summed E-state index contributed by atoms with van der Waals surface area (Å²) >= 11 is 0. The van der Waals surface area contributed by atoms with Crippen molar-refractivity contribution in [1.29, 1.82) is 5.41 Å². The predicted octanol–water partition coefficient (Wildman–Crippen LogP) is 4.63. The van der Waals surface area contributed by atoms with Crippen molar-refractivity contribution in [3.63, 3.8) is 0 Å². The minimum absolute atomic E-state index is 0. The molecule has 0 aliphatic rings. The molecule has 0 saturated heterocycles. The number of esters is 1. The van der Waals surface area contributed by atoms with Crippen molar-refractivity contribution in [3.05, 3.63) is 114 Å². The summed E-state index contributed by atoms with van der Waals surface area (Å²) in [6, 6.07) is 24.1. The molecule has 4 aromatic carbocycles. The van der Waals surface area contributed by atoms with E-state index in [1.165, 1.54) is 32.3 Å². The molecule has 4 N–H and O–H groups in total. The highest BCUT2D eigenvalue weighted by Gasteiger charge is 2.32. The number of nitrogens with two attached hydrogens (primary N) is 1. The fourth-order valence-electron chi connectivity index (χ4n) is 5.29. The summed E-state index contributed by atoms with van der Waals surface area (Å²) in [5.41, 5.74) is 7.71. The first-order valence-electron chi connectivity index (χ1n) is 15.5. The van der Waals surface area contributed by atoms with Gasteiger partial charge in [0.1, 0.15) is 23.3 Å². The minimum Gasteiger partial charge on any atom is -0.464 e. The molecule has 0 radical (unpaired) electrons. The maximum absolute atomic E-state index is 14.4. The van der Waals surface area contributed by atoms with Gasteiger partial charge in [-0.05, 0) is 60.5 Å². The van der Waals surface area contributed by atoms with Gasteiger partial charge >= 0.3 is 5.97 Å². The van der Waals surface area contributed by atoms with Crippen LogP contribution in [-0.2, 0) is 30.9 Å². The Hall–Kier alpha value is -5.53. The summed E-state index contributed by atoms with van der Waals surface area (Å²) in [5, 5.41) is 12.2. The van der Waals surface area contributed by atoms with Crippen molar-refractivity contribution >= 4 is 73.4 Å². The number of nitrogens with one attached hydrogen (secondary N) is 2. The zero-order chi connectivity index (χ0) is 35.3. The van der Waals surface area contributed by atoms with Gasteiger partial charge in [0, 0.05) is 36.3 Å². The van der Waals surface area contributed by atoms with Crippen molar-refractivity contribution in [2.24, 2.45) is 5.73 Å². The van der Waals surface area contributed by atoms with E-state index >= 15 is 0 Å². The SMILES string of the molecule is CCOC(=O)C(C)N(C)C(=O)CN(c1ccc2c(C(=O)NCc3ccc(C(=N)N)cc3)cccc2c1)S(=O)(=O)c1cccc2cccnc12.Cl. The number of amides is 2. The van der Waals surface area contributed by atoms with Crippen molar-refractivity contribution in [1.82, 2.24) is 15.2 Å². The fraction of sp³-hybridized carbons (Fsp3) is 0.194. The number of amidine groups is 1. The second-order valence-electron chi connectivity index (χ2n) is 11.3. The van der Waals surface area contributed by atoms with Gasteiger partial charge in [-0.1, -0.05) is 60.7 Å². The lowest BCUT2D eigenvalue weighted by molar-refractivity contribution is -0.152. The topological polar surface area (TPSA) is 176 Å². The molecule has 1 heterocycles. The first kappa shape index (κ1) is 37.3. The Morgan fingerprint density at radius 2 is 1.64 bits per heavy atom. The third kappa shape index (κ3) is 7.85. The van der Waals surface area contributed by atoms with Crippen LogP contribution in [0.4, 0.5) is 5.69 Å². The minimum atomic E-state index is -4.40.